The van der Waals surface area contributed by atoms with Crippen molar-refractivity contribution in [2.24, 2.45) is 0 Å². The van der Waals surface area contributed by atoms with Crippen LogP contribution in [0.25, 0.3) is 66.1 Å². The summed E-state index contributed by atoms with van der Waals surface area (Å²) < 4.78 is 7.25. The molecule has 2 heteroatoms. The maximum Gasteiger partial charge on any atom is 0.159 e. The molecule has 280 valence electrons. The largest absolute Gasteiger partial charge is 0.454 e. The zero-order valence-corrected chi connectivity index (χ0v) is 33.3. The summed E-state index contributed by atoms with van der Waals surface area (Å²) in [6.07, 6.45) is 0. The van der Waals surface area contributed by atoms with Gasteiger partial charge in [-0.05, 0) is 108 Å². The molecule has 0 unspecified atom stereocenters. The second-order valence-electron chi connectivity index (χ2n) is 17.2. The number of rotatable bonds is 4. The second-order valence-corrected chi connectivity index (χ2v) is 17.2. The quantitative estimate of drug-likeness (QED) is 0.178. The molecule has 59 heavy (non-hydrogen) atoms. The van der Waals surface area contributed by atoms with Crippen molar-refractivity contribution in [1.29, 1.82) is 0 Å². The van der Waals surface area contributed by atoms with Crippen LogP contribution in [-0.4, -0.2) is 0 Å². The van der Waals surface area contributed by atoms with E-state index in [1.807, 2.05) is 0 Å². The predicted octanol–water partition coefficient (Wildman–Crippen LogP) is 15.5. The fraction of sp³-hybridized carbons (Fsp3) is 0.0877. The molecule has 0 aliphatic heterocycles. The molecule has 0 bridgehead atoms. The summed E-state index contributed by atoms with van der Waals surface area (Å²) in [5.41, 5.74) is 18.5. The molecule has 10 aromatic rings. The number of anilines is 3. The Morgan fingerprint density at radius 1 is 0.424 bits per heavy atom. The van der Waals surface area contributed by atoms with Gasteiger partial charge in [-0.3, -0.25) is 0 Å². The molecule has 0 N–H and O–H groups in total. The van der Waals surface area contributed by atoms with E-state index in [1.54, 1.807) is 0 Å². The molecule has 1 heterocycles. The van der Waals surface area contributed by atoms with Crippen LogP contribution in [0.2, 0.25) is 0 Å². The molecule has 0 saturated carbocycles. The van der Waals surface area contributed by atoms with Gasteiger partial charge < -0.3 is 9.32 Å². The van der Waals surface area contributed by atoms with E-state index in [4.69, 9.17) is 4.42 Å². The third-order valence-corrected chi connectivity index (χ3v) is 13.0. The number of benzene rings is 9. The number of hydrogen-bond donors (Lipinski definition) is 0. The zero-order chi connectivity index (χ0) is 39.5. The van der Waals surface area contributed by atoms with Gasteiger partial charge in [-0.2, -0.15) is 0 Å². The Hall–Kier alpha value is -7.16. The Morgan fingerprint density at radius 3 is 1.63 bits per heavy atom. The van der Waals surface area contributed by atoms with Crippen LogP contribution >= 0.6 is 0 Å². The van der Waals surface area contributed by atoms with Crippen LogP contribution in [0.5, 0.6) is 0 Å². The predicted molar refractivity (Wildman–Crippen MR) is 246 cm³/mol. The molecule has 0 fully saturated rings. The molecule has 2 aliphatic rings. The standard InChI is InChI=1S/C57H41NO/c1-56(2,3)51-34-38-18-7-8-19-41(38)53-46-23-15-27-52(54(46)59-55(51)53)58(39-30-28-37(29-31-39)36-16-5-4-6-17-36)40-32-33-45-44-22-11-14-26-49(44)57(50(45)35-40)47-24-12-9-20-42(47)43-21-10-13-25-48(43)57/h4-35H,1-3H3. The van der Waals surface area contributed by atoms with Crippen LogP contribution < -0.4 is 4.90 Å². The van der Waals surface area contributed by atoms with E-state index in [2.05, 4.69) is 220 Å². The van der Waals surface area contributed by atoms with Gasteiger partial charge in [0.2, 0.25) is 0 Å². The van der Waals surface area contributed by atoms with Gasteiger partial charge in [0.05, 0.1) is 11.1 Å². The van der Waals surface area contributed by atoms with Crippen LogP contribution in [0.1, 0.15) is 48.6 Å². The van der Waals surface area contributed by atoms with E-state index in [-0.39, 0.29) is 5.41 Å². The average molecular weight is 756 g/mol. The summed E-state index contributed by atoms with van der Waals surface area (Å²) in [4.78, 5) is 2.42. The molecule has 0 atom stereocenters. The highest BCUT2D eigenvalue weighted by molar-refractivity contribution is 6.22. The Morgan fingerprint density at radius 2 is 0.966 bits per heavy atom. The van der Waals surface area contributed by atoms with Gasteiger partial charge in [-0.25, -0.2) is 0 Å². The van der Waals surface area contributed by atoms with Crippen LogP contribution in [0.3, 0.4) is 0 Å². The number of furan rings is 1. The van der Waals surface area contributed by atoms with Gasteiger partial charge in [0.15, 0.2) is 5.58 Å². The lowest BCUT2D eigenvalue weighted by Gasteiger charge is -2.32. The molecule has 1 spiro atoms. The molecular weight excluding hydrogens is 715 g/mol. The lowest BCUT2D eigenvalue weighted by Crippen LogP contribution is -2.26. The van der Waals surface area contributed by atoms with Crippen molar-refractivity contribution in [2.75, 3.05) is 4.90 Å². The molecule has 0 radical (unpaired) electrons. The fourth-order valence-corrected chi connectivity index (χ4v) is 10.4. The first kappa shape index (κ1) is 33.9. The van der Waals surface area contributed by atoms with Gasteiger partial charge in [0.1, 0.15) is 5.58 Å². The van der Waals surface area contributed by atoms with E-state index in [1.165, 1.54) is 77.4 Å². The monoisotopic (exact) mass is 755 g/mol. The third-order valence-electron chi connectivity index (χ3n) is 13.0. The van der Waals surface area contributed by atoms with Crippen LogP contribution in [0.15, 0.2) is 199 Å². The molecular formula is C57H41NO. The Labute approximate surface area is 344 Å². The summed E-state index contributed by atoms with van der Waals surface area (Å²) >= 11 is 0. The minimum absolute atomic E-state index is 0.125. The summed E-state index contributed by atoms with van der Waals surface area (Å²) in [5, 5.41) is 4.73. The topological polar surface area (TPSA) is 16.4 Å². The van der Waals surface area contributed by atoms with Crippen molar-refractivity contribution >= 4 is 49.8 Å². The number of hydrogen-bond acceptors (Lipinski definition) is 2. The van der Waals surface area contributed by atoms with Gasteiger partial charge >= 0.3 is 0 Å². The first-order valence-electron chi connectivity index (χ1n) is 20.7. The maximum atomic E-state index is 7.25. The van der Waals surface area contributed by atoms with E-state index >= 15 is 0 Å². The molecule has 0 saturated heterocycles. The van der Waals surface area contributed by atoms with E-state index < -0.39 is 5.41 Å². The van der Waals surface area contributed by atoms with E-state index in [0.29, 0.717) is 0 Å². The lowest BCUT2D eigenvalue weighted by atomic mass is 9.70. The molecule has 9 aromatic carbocycles. The van der Waals surface area contributed by atoms with E-state index in [0.717, 1.165) is 33.6 Å². The highest BCUT2D eigenvalue weighted by Crippen LogP contribution is 2.63. The van der Waals surface area contributed by atoms with Crippen LogP contribution in [0, 0.1) is 0 Å². The average Bonchev–Trinajstić information content (AvgIpc) is 3.92. The second kappa shape index (κ2) is 12.4. The van der Waals surface area contributed by atoms with Crippen LogP contribution in [-0.2, 0) is 10.8 Å². The van der Waals surface area contributed by atoms with Gasteiger partial charge in [0.25, 0.3) is 0 Å². The highest BCUT2D eigenvalue weighted by atomic mass is 16.3. The fourth-order valence-electron chi connectivity index (χ4n) is 10.4. The highest BCUT2D eigenvalue weighted by Gasteiger charge is 2.51. The third kappa shape index (κ3) is 4.75. The zero-order valence-electron chi connectivity index (χ0n) is 33.3. The van der Waals surface area contributed by atoms with Crippen molar-refractivity contribution in [1.82, 2.24) is 0 Å². The smallest absolute Gasteiger partial charge is 0.159 e. The van der Waals surface area contributed by atoms with Crippen molar-refractivity contribution in [3.8, 4) is 33.4 Å². The number of fused-ring (bicyclic) bond motifs is 15. The Balaban J connectivity index is 1.15. The molecule has 1 aromatic heterocycles. The molecule has 2 aliphatic carbocycles. The summed E-state index contributed by atoms with van der Waals surface area (Å²) in [6, 6.07) is 71.6. The number of nitrogens with zero attached hydrogens (tertiary/aromatic N) is 1. The summed E-state index contributed by atoms with van der Waals surface area (Å²) in [6.45, 7) is 6.84. The van der Waals surface area contributed by atoms with E-state index in [9.17, 15) is 0 Å². The first-order chi connectivity index (χ1) is 28.9. The molecule has 0 amide bonds. The maximum absolute atomic E-state index is 7.25. The molecule has 2 nitrogen and oxygen atoms in total. The minimum atomic E-state index is -0.455. The van der Waals surface area contributed by atoms with Crippen LogP contribution in [0.4, 0.5) is 17.1 Å². The van der Waals surface area contributed by atoms with Gasteiger partial charge in [-0.15, -0.1) is 0 Å². The van der Waals surface area contributed by atoms with Gasteiger partial charge in [0, 0.05) is 27.7 Å². The number of para-hydroxylation sites is 1. The molecule has 12 rings (SSSR count). The van der Waals surface area contributed by atoms with Crippen molar-refractivity contribution in [3.05, 3.63) is 222 Å². The normalized spacial score (nSPS) is 13.5. The summed E-state index contributed by atoms with van der Waals surface area (Å²) in [7, 11) is 0. The first-order valence-corrected chi connectivity index (χ1v) is 20.7. The Bertz CT molecular complexity index is 3240. The minimum Gasteiger partial charge on any atom is -0.454 e. The van der Waals surface area contributed by atoms with Crippen molar-refractivity contribution in [3.63, 3.8) is 0 Å². The summed E-state index contributed by atoms with van der Waals surface area (Å²) in [5.74, 6) is 0. The van der Waals surface area contributed by atoms with Gasteiger partial charge in [-0.1, -0.05) is 178 Å². The van der Waals surface area contributed by atoms with Crippen molar-refractivity contribution in [2.45, 2.75) is 31.6 Å². The lowest BCUT2D eigenvalue weighted by molar-refractivity contribution is 0.573. The SMILES string of the molecule is CC(C)(C)c1cc2ccccc2c2c1oc1c(N(c3ccc(-c4ccccc4)cc3)c3ccc4c(c3)C3(c5ccccc5-c5ccccc53)c3ccccc3-4)cccc12. The Kier molecular flexibility index (Phi) is 7.14. The van der Waals surface area contributed by atoms with Crippen molar-refractivity contribution < 1.29 is 4.42 Å².